The summed E-state index contributed by atoms with van der Waals surface area (Å²) in [6.07, 6.45) is 1.58. The van der Waals surface area contributed by atoms with E-state index in [-0.39, 0.29) is 4.90 Å². The molecule has 0 radical (unpaired) electrons. The number of para-hydroxylation sites is 1. The first-order valence-electron chi connectivity index (χ1n) is 6.92. The van der Waals surface area contributed by atoms with Crippen molar-refractivity contribution in [1.29, 1.82) is 0 Å². The van der Waals surface area contributed by atoms with Crippen LogP contribution in [0.15, 0.2) is 59.6 Å². The number of methoxy groups -OCH3 is 1. The molecule has 0 spiro atoms. The highest BCUT2D eigenvalue weighted by Crippen LogP contribution is 2.31. The average Bonchev–Trinajstić information content (AvgIpc) is 3.03. The van der Waals surface area contributed by atoms with Crippen LogP contribution in [0.5, 0.6) is 5.75 Å². The molecule has 2 aromatic carbocycles. The molecule has 0 aliphatic rings. The fourth-order valence-electron chi connectivity index (χ4n) is 2.41. The van der Waals surface area contributed by atoms with Crippen molar-refractivity contribution in [3.63, 3.8) is 0 Å². The van der Waals surface area contributed by atoms with Gasteiger partial charge in [0.05, 0.1) is 29.7 Å². The average molecular weight is 364 g/mol. The van der Waals surface area contributed by atoms with Crippen molar-refractivity contribution in [3.05, 3.63) is 59.8 Å². The number of nitrogens with two attached hydrogens (primary N) is 1. The second kappa shape index (κ2) is 6.27. The standard InChI is InChI=1S/C16H14ClN3O3S/c1-23-15-7-6-11(10-12(15)17)13-8-9-19-20(13)14-4-2-3-5-16(14)24(18,21)22/h2-10H,1H3,(H2,18,21,22). The molecule has 0 bridgehead atoms. The Labute approximate surface area is 144 Å². The van der Waals surface area contributed by atoms with E-state index in [4.69, 9.17) is 21.5 Å². The number of nitrogens with zero attached hydrogens (tertiary/aromatic N) is 2. The smallest absolute Gasteiger partial charge is 0.240 e. The van der Waals surface area contributed by atoms with E-state index in [0.717, 1.165) is 5.56 Å². The summed E-state index contributed by atoms with van der Waals surface area (Å²) in [6, 6.07) is 13.5. The lowest BCUT2D eigenvalue weighted by molar-refractivity contribution is 0.415. The number of ether oxygens (including phenoxy) is 1. The number of benzene rings is 2. The minimum atomic E-state index is -3.88. The molecule has 0 atom stereocenters. The molecule has 6 nitrogen and oxygen atoms in total. The Morgan fingerprint density at radius 2 is 1.92 bits per heavy atom. The van der Waals surface area contributed by atoms with Crippen molar-refractivity contribution in [2.24, 2.45) is 5.14 Å². The van der Waals surface area contributed by atoms with Crippen molar-refractivity contribution >= 4 is 21.6 Å². The maximum Gasteiger partial charge on any atom is 0.240 e. The van der Waals surface area contributed by atoms with Crippen LogP contribution in [0.1, 0.15) is 0 Å². The fraction of sp³-hybridized carbons (Fsp3) is 0.0625. The Balaban J connectivity index is 2.18. The van der Waals surface area contributed by atoms with Crippen LogP contribution in [-0.4, -0.2) is 25.3 Å². The summed E-state index contributed by atoms with van der Waals surface area (Å²) < 4.78 is 30.3. The number of hydrogen-bond donors (Lipinski definition) is 1. The normalized spacial score (nSPS) is 11.5. The van der Waals surface area contributed by atoms with Crippen molar-refractivity contribution in [2.45, 2.75) is 4.90 Å². The van der Waals surface area contributed by atoms with Gasteiger partial charge in [-0.1, -0.05) is 23.7 Å². The van der Waals surface area contributed by atoms with Gasteiger partial charge < -0.3 is 4.74 Å². The summed E-state index contributed by atoms with van der Waals surface area (Å²) in [6.45, 7) is 0. The molecule has 0 aliphatic heterocycles. The summed E-state index contributed by atoms with van der Waals surface area (Å²) in [5, 5.41) is 9.99. The largest absolute Gasteiger partial charge is 0.495 e. The van der Waals surface area contributed by atoms with E-state index >= 15 is 0 Å². The van der Waals surface area contributed by atoms with E-state index < -0.39 is 10.0 Å². The monoisotopic (exact) mass is 363 g/mol. The van der Waals surface area contributed by atoms with Gasteiger partial charge in [0.1, 0.15) is 10.6 Å². The van der Waals surface area contributed by atoms with Crippen molar-refractivity contribution in [3.8, 4) is 22.7 Å². The Morgan fingerprint density at radius 1 is 1.17 bits per heavy atom. The molecule has 1 aromatic heterocycles. The van der Waals surface area contributed by atoms with Crippen molar-refractivity contribution in [2.75, 3.05) is 7.11 Å². The summed E-state index contributed by atoms with van der Waals surface area (Å²) in [7, 11) is -2.35. The van der Waals surface area contributed by atoms with Gasteiger partial charge in [-0.05, 0) is 36.4 Å². The highest BCUT2D eigenvalue weighted by molar-refractivity contribution is 7.89. The van der Waals surface area contributed by atoms with Gasteiger partial charge in [-0.25, -0.2) is 18.2 Å². The van der Waals surface area contributed by atoms with Gasteiger partial charge in [-0.15, -0.1) is 0 Å². The van der Waals surface area contributed by atoms with Crippen LogP contribution in [0.3, 0.4) is 0 Å². The van der Waals surface area contributed by atoms with E-state index in [9.17, 15) is 8.42 Å². The third-order valence-electron chi connectivity index (χ3n) is 3.49. The Bertz CT molecular complexity index is 999. The molecule has 8 heteroatoms. The molecule has 0 saturated heterocycles. The van der Waals surface area contributed by atoms with Crippen LogP contribution in [0.2, 0.25) is 5.02 Å². The summed E-state index contributed by atoms with van der Waals surface area (Å²) in [5.74, 6) is 0.552. The highest BCUT2D eigenvalue weighted by atomic mass is 35.5. The second-order valence-corrected chi connectivity index (χ2v) is 6.93. The van der Waals surface area contributed by atoms with Crippen LogP contribution in [0.4, 0.5) is 0 Å². The summed E-state index contributed by atoms with van der Waals surface area (Å²) in [4.78, 5) is -0.00504. The van der Waals surface area contributed by atoms with Crippen LogP contribution in [-0.2, 0) is 10.0 Å². The molecule has 0 saturated carbocycles. The Kier molecular flexibility index (Phi) is 4.31. The van der Waals surface area contributed by atoms with Crippen LogP contribution >= 0.6 is 11.6 Å². The van der Waals surface area contributed by atoms with E-state index in [2.05, 4.69) is 5.10 Å². The molecule has 2 N–H and O–H groups in total. The Morgan fingerprint density at radius 3 is 2.58 bits per heavy atom. The topological polar surface area (TPSA) is 87.2 Å². The van der Waals surface area contributed by atoms with Gasteiger partial charge in [0.15, 0.2) is 0 Å². The molecule has 1 heterocycles. The number of rotatable bonds is 4. The first-order valence-corrected chi connectivity index (χ1v) is 8.84. The zero-order valence-corrected chi connectivity index (χ0v) is 14.3. The number of hydrogen-bond acceptors (Lipinski definition) is 4. The maximum atomic E-state index is 11.8. The van der Waals surface area contributed by atoms with E-state index in [1.54, 1.807) is 42.6 Å². The number of aromatic nitrogens is 2. The molecular formula is C16H14ClN3O3S. The Hall–Kier alpha value is -2.35. The minimum absolute atomic E-state index is 0.00504. The number of halogens is 1. The highest BCUT2D eigenvalue weighted by Gasteiger charge is 2.18. The van der Waals surface area contributed by atoms with E-state index in [1.165, 1.54) is 17.9 Å². The second-order valence-electron chi connectivity index (χ2n) is 4.99. The zero-order valence-electron chi connectivity index (χ0n) is 12.7. The van der Waals surface area contributed by atoms with Crippen LogP contribution in [0.25, 0.3) is 16.9 Å². The van der Waals surface area contributed by atoms with Crippen LogP contribution in [0, 0.1) is 0 Å². The third kappa shape index (κ3) is 3.01. The zero-order chi connectivity index (χ0) is 17.3. The molecule has 0 aliphatic carbocycles. The molecule has 0 fully saturated rings. The van der Waals surface area contributed by atoms with E-state index in [1.807, 2.05) is 6.07 Å². The molecule has 0 amide bonds. The molecule has 3 rings (SSSR count). The summed E-state index contributed by atoms with van der Waals surface area (Å²) in [5.41, 5.74) is 1.81. The number of sulfonamides is 1. The maximum absolute atomic E-state index is 11.8. The van der Waals surface area contributed by atoms with Gasteiger partial charge in [-0.2, -0.15) is 5.10 Å². The fourth-order valence-corrected chi connectivity index (χ4v) is 3.38. The first-order chi connectivity index (χ1) is 11.4. The molecular weight excluding hydrogens is 350 g/mol. The SMILES string of the molecule is COc1ccc(-c2ccnn2-c2ccccc2S(N)(=O)=O)cc1Cl. The van der Waals surface area contributed by atoms with Gasteiger partial charge in [0.2, 0.25) is 10.0 Å². The molecule has 3 aromatic rings. The minimum Gasteiger partial charge on any atom is -0.495 e. The van der Waals surface area contributed by atoms with Gasteiger partial charge >= 0.3 is 0 Å². The molecule has 124 valence electrons. The predicted octanol–water partition coefficient (Wildman–Crippen LogP) is 2.85. The van der Waals surface area contributed by atoms with E-state index in [0.29, 0.717) is 22.2 Å². The predicted molar refractivity (Wildman–Crippen MR) is 91.9 cm³/mol. The van der Waals surface area contributed by atoms with Gasteiger partial charge in [0.25, 0.3) is 0 Å². The van der Waals surface area contributed by atoms with Crippen molar-refractivity contribution in [1.82, 2.24) is 9.78 Å². The van der Waals surface area contributed by atoms with Crippen molar-refractivity contribution < 1.29 is 13.2 Å². The lowest BCUT2D eigenvalue weighted by Crippen LogP contribution is -2.16. The quantitative estimate of drug-likeness (QED) is 0.772. The lowest BCUT2D eigenvalue weighted by atomic mass is 10.1. The number of primary sulfonamides is 1. The lowest BCUT2D eigenvalue weighted by Gasteiger charge is -2.12. The van der Waals surface area contributed by atoms with Crippen LogP contribution < -0.4 is 9.88 Å². The third-order valence-corrected chi connectivity index (χ3v) is 4.74. The summed E-state index contributed by atoms with van der Waals surface area (Å²) >= 11 is 6.18. The van der Waals surface area contributed by atoms with Gasteiger partial charge in [0, 0.05) is 5.56 Å². The molecule has 0 unspecified atom stereocenters. The molecule has 24 heavy (non-hydrogen) atoms. The first kappa shape index (κ1) is 16.5. The van der Waals surface area contributed by atoms with Gasteiger partial charge in [-0.3, -0.25) is 0 Å².